The van der Waals surface area contributed by atoms with E-state index >= 15 is 0 Å². The number of benzene rings is 10. The number of anilines is 4. The average Bonchev–Trinajstić information content (AvgIpc) is 0.829. The number of rotatable bonds is 6. The van der Waals surface area contributed by atoms with Gasteiger partial charge in [0.2, 0.25) is 5.82 Å². The molecule has 8 N–H and O–H groups in total. The highest BCUT2D eigenvalue weighted by Crippen LogP contribution is 2.45. The van der Waals surface area contributed by atoms with Crippen LogP contribution in [0, 0.1) is 150 Å². The van der Waals surface area contributed by atoms with Crippen LogP contribution in [0.3, 0.4) is 0 Å². The number of nitro groups is 3. The predicted octanol–water partition coefficient (Wildman–Crippen LogP) is 31.5. The monoisotopic (exact) mass is 2490 g/mol. The van der Waals surface area contributed by atoms with Gasteiger partial charge < -0.3 is 37.1 Å². The maximum absolute atomic E-state index is 13.0. The van der Waals surface area contributed by atoms with Gasteiger partial charge in [0, 0.05) is 32.2 Å². The molecule has 148 heavy (non-hydrogen) atoms. The number of ether oxygens (including phenoxy) is 3. The van der Waals surface area contributed by atoms with Gasteiger partial charge in [-0.25, -0.2) is 8.78 Å². The molecule has 786 valence electrons. The van der Waals surface area contributed by atoms with Crippen LogP contribution in [0.4, 0.5) is 185 Å². The van der Waals surface area contributed by atoms with Gasteiger partial charge in [-0.3, -0.25) is 30.3 Å². The van der Waals surface area contributed by atoms with Gasteiger partial charge in [0.1, 0.15) is 70.4 Å². The van der Waals surface area contributed by atoms with Crippen molar-refractivity contribution in [2.24, 2.45) is 0 Å². The van der Waals surface area contributed by atoms with E-state index in [1.54, 1.807) is 12.1 Å². The Hall–Kier alpha value is -14.1. The molecule has 0 atom stereocenters. The molecule has 0 spiro atoms. The second kappa shape index (κ2) is 54.0. The molecule has 0 fully saturated rings. The predicted molar refractivity (Wildman–Crippen MR) is 463 cm³/mol. The van der Waals surface area contributed by atoms with Crippen molar-refractivity contribution in [2.45, 2.75) is 62.3 Å². The number of nitrogen functional groups attached to an aromatic ring is 4. The van der Waals surface area contributed by atoms with Crippen LogP contribution in [0.5, 0.6) is 17.2 Å². The summed E-state index contributed by atoms with van der Waals surface area (Å²) in [5.74, 6) is -6.08. The Bertz CT molecular complexity index is 6330. The van der Waals surface area contributed by atoms with E-state index in [1.165, 1.54) is 42.5 Å². The molecule has 0 radical (unpaired) electrons. The topological polar surface area (TPSA) is 475 Å². The lowest BCUT2D eigenvalue weighted by atomic mass is 10.0. The minimum absolute atomic E-state index is 0.0134. The van der Waals surface area contributed by atoms with Gasteiger partial charge in [-0.1, -0.05) is 92.8 Å². The Morgan fingerprint density at radius 2 is 0.514 bits per heavy atom. The third kappa shape index (κ3) is 41.6. The molecule has 0 unspecified atom stereocenters. The minimum atomic E-state index is -5.03. The fraction of sp³-hybridized carbons (Fsp3) is 0.127. The van der Waals surface area contributed by atoms with Crippen LogP contribution in [-0.2, 0) is 43.2 Å². The molecule has 10 aromatic carbocycles. The molecule has 25 nitrogen and oxygen atoms in total. The SMILES string of the molecule is N#Cc1cc(C(F)(F)F)cc(Br)c1Cl.N#Cc1cc(C(F)(F)F)cc(Br)c1F.N#Cc1cc(C(F)(F)F)cc(Br)c1N.N#Cc1cc(C(F)(F)F)cc(C#N)c1N.N#Cc1cc(C(F)(F)F)cc(Cl)c1F.N#Cc1cc(C(F)(F)F)cc(Cl)c1N.N#Cc1cc(Cl)cc(C#N)c1C(F)(F)F.Nc1c(Cl)cc(OC(F)(F)F)cc1[N+](=O)[O-].O=[N+]([O-])c1cc(OC(F)(F)F)cc(Cl)c1Cl.O=[N+]([O-])c1cc(OC(F)(F)F)cc(Cl)c1F. The first-order chi connectivity index (χ1) is 67.2. The minimum Gasteiger partial charge on any atom is -0.405 e. The normalized spacial score (nSPS) is 11.0. The van der Waals surface area contributed by atoms with E-state index in [0.29, 0.717) is 78.9 Å². The average molecular weight is 2500 g/mol. The van der Waals surface area contributed by atoms with Crippen molar-refractivity contribution in [3.8, 4) is 71.9 Å². The van der Waals surface area contributed by atoms with Crippen molar-refractivity contribution in [1.29, 1.82) is 47.4 Å². The number of nitrogens with two attached hydrogens (primary N) is 4. The van der Waals surface area contributed by atoms with Crippen molar-refractivity contribution >= 4 is 180 Å². The maximum atomic E-state index is 13.0. The second-order valence-corrected chi connectivity index (χ2v) is 31.2. The quantitative estimate of drug-likeness (QED) is 0.0520. The molecule has 10 aromatic rings. The molecule has 0 aromatic heterocycles. The zero-order valence-corrected chi connectivity index (χ0v) is 79.8. The first-order valence-corrected chi connectivity index (χ1v) is 40.4. The Morgan fingerprint density at radius 3 is 0.845 bits per heavy atom. The van der Waals surface area contributed by atoms with Gasteiger partial charge in [-0.05, 0) is 133 Å². The van der Waals surface area contributed by atoms with Crippen LogP contribution in [0.15, 0.2) is 135 Å². The van der Waals surface area contributed by atoms with Crippen molar-refractivity contribution in [2.75, 3.05) is 22.9 Å². The standard InChI is InChI=1S/C9H2ClF3N2.C9H4F3N3.C8H2BrClF3N.C8H2BrF4N.C8H4BrF3N2.C8H2ClF4N.C8H4ClF3N2.C7H2Cl2F3NO3.C7H2ClF4NO3.C7H4ClF3N2O3/c10-7-1-5(3-14)8(9(11,12)13)6(2-7)4-15;10-9(11,12)7-1-5(3-13)8(15)6(2-7)4-14;2*9-6-2-5(8(11,12)13)1-4(3-14)7(6)10;9-6-2-5(8(10,11)12)1-4(3-13)7(6)14;9-6-2-5(8(11,12)13)1-4(3-14)7(6)10;9-6-2-5(8(10,11)12)1-4(3-13)7(6)14;2*8-4-1-3(16-7(10,11)12)2-5(6(4)9)13(14)15;8-4-1-3(16-7(9,10)11)2-5(6(4)12)13(14)15/h1-2H;1-2H,15H2;2*1-2H;1-2H,14H2;1-2H;1-2H,14H2;2*1-2H;1-2H,12H2. The van der Waals surface area contributed by atoms with E-state index in [9.17, 15) is 175 Å². The maximum Gasteiger partial charge on any atom is 0.573 e. The summed E-state index contributed by atoms with van der Waals surface area (Å²) in [6.45, 7) is 0. The molecular weight excluding hydrogens is 2470 g/mol. The Kier molecular flexibility index (Phi) is 48.1. The molecule has 10 rings (SSSR count). The van der Waals surface area contributed by atoms with E-state index in [-0.39, 0.29) is 78.4 Å². The number of nitro benzene ring substituents is 3. The van der Waals surface area contributed by atoms with Gasteiger partial charge in [-0.15, -0.1) is 39.5 Å². The second-order valence-electron chi connectivity index (χ2n) is 25.4. The number of nitrogens with zero attached hydrogens (tertiary/aromatic N) is 12. The first kappa shape index (κ1) is 132. The molecule has 0 aliphatic rings. The van der Waals surface area contributed by atoms with Crippen LogP contribution < -0.4 is 37.1 Å². The van der Waals surface area contributed by atoms with E-state index in [4.69, 9.17) is 163 Å². The lowest BCUT2D eigenvalue weighted by Gasteiger charge is -2.10. The number of hydrogen-bond donors (Lipinski definition) is 4. The number of hydrogen-bond acceptors (Lipinski definition) is 22. The molecular formula is C79H28Br3Cl8F33N16O9. The van der Waals surface area contributed by atoms with E-state index in [2.05, 4.69) is 62.0 Å². The summed E-state index contributed by atoms with van der Waals surface area (Å²) in [7, 11) is 0. The number of alkyl halides is 30. The van der Waals surface area contributed by atoms with Gasteiger partial charge in [0.05, 0.1) is 186 Å². The summed E-state index contributed by atoms with van der Waals surface area (Å²) >= 11 is 51.4. The largest absolute Gasteiger partial charge is 0.573 e. The zero-order chi connectivity index (χ0) is 115. The smallest absolute Gasteiger partial charge is 0.405 e. The summed E-state index contributed by atoms with van der Waals surface area (Å²) in [6, 6.07) is 25.9. The van der Waals surface area contributed by atoms with Crippen LogP contribution >= 0.6 is 141 Å². The highest BCUT2D eigenvalue weighted by atomic mass is 79.9. The van der Waals surface area contributed by atoms with Crippen molar-refractivity contribution in [1.82, 2.24) is 0 Å². The highest BCUT2D eigenvalue weighted by Gasteiger charge is 2.42. The van der Waals surface area contributed by atoms with Crippen molar-refractivity contribution in [3.63, 3.8) is 0 Å². The third-order valence-electron chi connectivity index (χ3n) is 15.3. The molecule has 0 aliphatic carbocycles. The van der Waals surface area contributed by atoms with E-state index in [0.717, 1.165) is 42.5 Å². The zero-order valence-electron chi connectivity index (χ0n) is 69.0. The van der Waals surface area contributed by atoms with Gasteiger partial charge in [-0.2, -0.15) is 144 Å². The Balaban J connectivity index is 0.000000823. The first-order valence-electron chi connectivity index (χ1n) is 35.0. The molecule has 0 bridgehead atoms. The van der Waals surface area contributed by atoms with E-state index < -0.39 is 216 Å². The molecule has 0 aliphatic heterocycles. The van der Waals surface area contributed by atoms with Gasteiger partial charge >= 0.3 is 68.0 Å². The highest BCUT2D eigenvalue weighted by molar-refractivity contribution is 9.11. The van der Waals surface area contributed by atoms with Crippen LogP contribution in [-0.4, -0.2) is 33.9 Å². The fourth-order valence-electron chi connectivity index (χ4n) is 9.02. The lowest BCUT2D eigenvalue weighted by Crippen LogP contribution is -2.17. The molecule has 0 saturated carbocycles. The Morgan fingerprint density at radius 1 is 0.257 bits per heavy atom. The van der Waals surface area contributed by atoms with Crippen LogP contribution in [0.2, 0.25) is 40.2 Å². The lowest BCUT2D eigenvalue weighted by molar-refractivity contribution is -0.387. The van der Waals surface area contributed by atoms with Gasteiger partial charge in [0.25, 0.3) is 11.4 Å². The summed E-state index contributed by atoms with van der Waals surface area (Å²) in [4.78, 5) is 28.0. The van der Waals surface area contributed by atoms with Crippen molar-refractivity contribution < 1.29 is 174 Å². The summed E-state index contributed by atoms with van der Waals surface area (Å²) in [5, 5.41) is 104. The fourth-order valence-corrected chi connectivity index (χ4v) is 12.0. The molecule has 69 heteroatoms. The molecule has 0 amide bonds. The van der Waals surface area contributed by atoms with Gasteiger partial charge in [0.15, 0.2) is 11.6 Å². The summed E-state index contributed by atoms with van der Waals surface area (Å²) in [5.41, 5.74) is 6.46. The number of halogens is 44. The van der Waals surface area contributed by atoms with Crippen LogP contribution in [0.25, 0.3) is 0 Å². The van der Waals surface area contributed by atoms with E-state index in [1.807, 2.05) is 0 Å². The molecule has 0 heterocycles. The van der Waals surface area contributed by atoms with Crippen LogP contribution in [0.1, 0.15) is 89.0 Å². The third-order valence-corrected chi connectivity index (χ3v) is 20.0. The molecule has 0 saturated heterocycles. The Labute approximate surface area is 865 Å². The number of nitriles is 9. The summed E-state index contributed by atoms with van der Waals surface area (Å²) in [6.07, 6.45) is -47.0. The van der Waals surface area contributed by atoms with Crippen molar-refractivity contribution in [3.05, 3.63) is 312 Å². The summed E-state index contributed by atoms with van der Waals surface area (Å²) < 4.78 is 412.